The highest BCUT2D eigenvalue weighted by Gasteiger charge is 2.28. The maximum atomic E-state index is 13.0. The summed E-state index contributed by atoms with van der Waals surface area (Å²) in [6.45, 7) is 1.56. The molecule has 1 aliphatic heterocycles. The van der Waals surface area contributed by atoms with Crippen LogP contribution in [0, 0.1) is 5.82 Å². The Bertz CT molecular complexity index is 645. The Balaban J connectivity index is 1.67. The van der Waals surface area contributed by atoms with E-state index in [2.05, 4.69) is 15.2 Å². The standard InChI is InChI=1S/C18H20FN3O/c19-14-7-9-15(10-8-14)21-18(23)17-6-2-4-12-22(17)13-16-5-1-3-11-20-16/h1,3,5,7-11,17H,2,4,6,12-13H2,(H,21,23)/t17-/m1/s1. The monoisotopic (exact) mass is 313 g/mol. The number of hydrogen-bond donors (Lipinski definition) is 1. The number of nitrogens with one attached hydrogen (secondary N) is 1. The minimum atomic E-state index is -0.308. The first-order valence-corrected chi connectivity index (χ1v) is 7.93. The third-order valence-electron chi connectivity index (χ3n) is 4.12. The van der Waals surface area contributed by atoms with E-state index in [1.54, 1.807) is 18.3 Å². The molecule has 0 spiro atoms. The molecule has 1 aromatic heterocycles. The molecule has 0 unspecified atom stereocenters. The van der Waals surface area contributed by atoms with Crippen LogP contribution in [0.5, 0.6) is 0 Å². The van der Waals surface area contributed by atoms with E-state index >= 15 is 0 Å². The van der Waals surface area contributed by atoms with Crippen LogP contribution in [0.25, 0.3) is 0 Å². The lowest BCUT2D eigenvalue weighted by atomic mass is 10.0. The average molecular weight is 313 g/mol. The van der Waals surface area contributed by atoms with Crippen LogP contribution in [0.1, 0.15) is 25.0 Å². The SMILES string of the molecule is O=C(Nc1ccc(F)cc1)[C@H]1CCCCN1Cc1ccccn1. The predicted octanol–water partition coefficient (Wildman–Crippen LogP) is 3.21. The lowest BCUT2D eigenvalue weighted by Gasteiger charge is -2.34. The van der Waals surface area contributed by atoms with Gasteiger partial charge < -0.3 is 5.32 Å². The van der Waals surface area contributed by atoms with Crippen molar-refractivity contribution in [2.45, 2.75) is 31.8 Å². The fourth-order valence-electron chi connectivity index (χ4n) is 2.94. The number of anilines is 1. The van der Waals surface area contributed by atoms with Crippen LogP contribution < -0.4 is 5.32 Å². The molecule has 0 aliphatic carbocycles. The Morgan fingerprint density at radius 1 is 1.22 bits per heavy atom. The van der Waals surface area contributed by atoms with E-state index in [9.17, 15) is 9.18 Å². The molecular formula is C18H20FN3O. The summed E-state index contributed by atoms with van der Waals surface area (Å²) in [5, 5.41) is 2.89. The van der Waals surface area contributed by atoms with Gasteiger partial charge in [-0.2, -0.15) is 0 Å². The zero-order valence-electron chi connectivity index (χ0n) is 12.9. The molecule has 1 aliphatic rings. The number of pyridine rings is 1. The summed E-state index contributed by atoms with van der Waals surface area (Å²) in [4.78, 5) is 19.1. The maximum Gasteiger partial charge on any atom is 0.241 e. The smallest absolute Gasteiger partial charge is 0.241 e. The average Bonchev–Trinajstić information content (AvgIpc) is 2.58. The third kappa shape index (κ3) is 4.13. The van der Waals surface area contributed by atoms with E-state index in [0.717, 1.165) is 31.5 Å². The minimum Gasteiger partial charge on any atom is -0.325 e. The van der Waals surface area contributed by atoms with Gasteiger partial charge in [0.1, 0.15) is 5.82 Å². The Labute approximate surface area is 135 Å². The van der Waals surface area contributed by atoms with Crippen LogP contribution in [0.15, 0.2) is 48.7 Å². The summed E-state index contributed by atoms with van der Waals surface area (Å²) in [6.07, 6.45) is 4.74. The molecule has 1 saturated heterocycles. The first-order valence-electron chi connectivity index (χ1n) is 7.93. The van der Waals surface area contributed by atoms with Crippen LogP contribution >= 0.6 is 0 Å². The topological polar surface area (TPSA) is 45.2 Å². The molecule has 0 bridgehead atoms. The first kappa shape index (κ1) is 15.6. The normalized spacial score (nSPS) is 18.6. The van der Waals surface area contributed by atoms with E-state index in [-0.39, 0.29) is 17.8 Å². The molecule has 120 valence electrons. The van der Waals surface area contributed by atoms with Gasteiger partial charge in [0, 0.05) is 18.4 Å². The van der Waals surface area contributed by atoms with Crippen molar-refractivity contribution in [3.05, 3.63) is 60.2 Å². The van der Waals surface area contributed by atoms with Gasteiger partial charge in [-0.1, -0.05) is 12.5 Å². The highest BCUT2D eigenvalue weighted by atomic mass is 19.1. The fourth-order valence-corrected chi connectivity index (χ4v) is 2.94. The van der Waals surface area contributed by atoms with Crippen molar-refractivity contribution >= 4 is 11.6 Å². The molecule has 3 rings (SSSR count). The number of aromatic nitrogens is 1. The van der Waals surface area contributed by atoms with Crippen molar-refractivity contribution < 1.29 is 9.18 Å². The number of carbonyl (C=O) groups excluding carboxylic acids is 1. The zero-order chi connectivity index (χ0) is 16.1. The number of halogens is 1. The number of nitrogens with zero attached hydrogens (tertiary/aromatic N) is 2. The van der Waals surface area contributed by atoms with Crippen molar-refractivity contribution in [3.63, 3.8) is 0 Å². The number of benzene rings is 1. The molecule has 2 aromatic rings. The van der Waals surface area contributed by atoms with Crippen molar-refractivity contribution in [2.75, 3.05) is 11.9 Å². The van der Waals surface area contributed by atoms with Crippen molar-refractivity contribution in [1.29, 1.82) is 0 Å². The summed E-state index contributed by atoms with van der Waals surface area (Å²) in [6, 6.07) is 11.5. The van der Waals surface area contributed by atoms with Crippen LogP contribution in [0.4, 0.5) is 10.1 Å². The molecule has 1 atom stereocenters. The molecule has 2 heterocycles. The van der Waals surface area contributed by atoms with Gasteiger partial charge in [0.25, 0.3) is 0 Å². The number of piperidine rings is 1. The lowest BCUT2D eigenvalue weighted by Crippen LogP contribution is -2.46. The maximum absolute atomic E-state index is 13.0. The second-order valence-electron chi connectivity index (χ2n) is 5.80. The number of carbonyl (C=O) groups is 1. The quantitative estimate of drug-likeness (QED) is 0.942. The highest BCUT2D eigenvalue weighted by molar-refractivity contribution is 5.94. The van der Waals surface area contributed by atoms with Gasteiger partial charge in [-0.05, 0) is 55.8 Å². The Hall–Kier alpha value is -2.27. The second-order valence-corrected chi connectivity index (χ2v) is 5.80. The van der Waals surface area contributed by atoms with Crippen molar-refractivity contribution in [1.82, 2.24) is 9.88 Å². The number of rotatable bonds is 4. The Morgan fingerprint density at radius 3 is 2.78 bits per heavy atom. The van der Waals surface area contributed by atoms with Gasteiger partial charge in [-0.3, -0.25) is 14.7 Å². The fraction of sp³-hybridized carbons (Fsp3) is 0.333. The van der Waals surface area contributed by atoms with E-state index in [1.807, 2.05) is 18.2 Å². The second kappa shape index (κ2) is 7.33. The van der Waals surface area contributed by atoms with Gasteiger partial charge in [-0.15, -0.1) is 0 Å². The molecular weight excluding hydrogens is 293 g/mol. The van der Waals surface area contributed by atoms with Crippen molar-refractivity contribution in [3.8, 4) is 0 Å². The van der Waals surface area contributed by atoms with E-state index < -0.39 is 0 Å². The van der Waals surface area contributed by atoms with Gasteiger partial charge in [0.15, 0.2) is 0 Å². The van der Waals surface area contributed by atoms with Gasteiger partial charge in [-0.25, -0.2) is 4.39 Å². The lowest BCUT2D eigenvalue weighted by molar-refractivity contribution is -0.122. The Kier molecular flexibility index (Phi) is 4.98. The first-order chi connectivity index (χ1) is 11.2. The molecule has 4 nitrogen and oxygen atoms in total. The molecule has 0 saturated carbocycles. The van der Waals surface area contributed by atoms with Crippen LogP contribution in [0.2, 0.25) is 0 Å². The molecule has 23 heavy (non-hydrogen) atoms. The summed E-state index contributed by atoms with van der Waals surface area (Å²) in [5.74, 6) is -0.343. The summed E-state index contributed by atoms with van der Waals surface area (Å²) in [7, 11) is 0. The Morgan fingerprint density at radius 2 is 2.04 bits per heavy atom. The number of likely N-dealkylation sites (tertiary alicyclic amines) is 1. The molecule has 1 amide bonds. The van der Waals surface area contributed by atoms with Crippen LogP contribution in [-0.4, -0.2) is 28.4 Å². The molecule has 1 aromatic carbocycles. The van der Waals surface area contributed by atoms with E-state index in [4.69, 9.17) is 0 Å². The highest BCUT2D eigenvalue weighted by Crippen LogP contribution is 2.21. The molecule has 1 N–H and O–H groups in total. The van der Waals surface area contributed by atoms with E-state index in [0.29, 0.717) is 12.2 Å². The van der Waals surface area contributed by atoms with Gasteiger partial charge in [0.2, 0.25) is 5.91 Å². The van der Waals surface area contributed by atoms with Crippen molar-refractivity contribution in [2.24, 2.45) is 0 Å². The number of amides is 1. The van der Waals surface area contributed by atoms with Gasteiger partial charge in [0.05, 0.1) is 11.7 Å². The molecule has 0 radical (unpaired) electrons. The number of hydrogen-bond acceptors (Lipinski definition) is 3. The third-order valence-corrected chi connectivity index (χ3v) is 4.12. The molecule has 1 fully saturated rings. The largest absolute Gasteiger partial charge is 0.325 e. The summed E-state index contributed by atoms with van der Waals surface area (Å²) < 4.78 is 13.0. The van der Waals surface area contributed by atoms with Gasteiger partial charge >= 0.3 is 0 Å². The summed E-state index contributed by atoms with van der Waals surface area (Å²) in [5.41, 5.74) is 1.59. The van der Waals surface area contributed by atoms with Crippen LogP contribution in [-0.2, 0) is 11.3 Å². The minimum absolute atomic E-state index is 0.0350. The molecule has 5 heteroatoms. The zero-order valence-corrected chi connectivity index (χ0v) is 12.9. The van der Waals surface area contributed by atoms with Crippen LogP contribution in [0.3, 0.4) is 0 Å². The van der Waals surface area contributed by atoms with E-state index in [1.165, 1.54) is 12.1 Å². The summed E-state index contributed by atoms with van der Waals surface area (Å²) >= 11 is 0. The predicted molar refractivity (Wildman–Crippen MR) is 87.3 cm³/mol.